The standard InChI is InChI=1S/C15H22FN3O2.2ClH/c1-15(2,3)14(18-8-6-17-7-9-18)12-5-4-11(16)10-13(12)19(20)21;;/h4-5,10,14,17H,6-9H2,1-3H3;2*1H/t14-;;/m0../s1. The number of hydrogen-bond acceptors (Lipinski definition) is 4. The Hall–Kier alpha value is -0.950. The smallest absolute Gasteiger partial charge is 0.277 e. The largest absolute Gasteiger partial charge is 0.314 e. The van der Waals surface area contributed by atoms with Crippen molar-refractivity contribution in [1.29, 1.82) is 0 Å². The van der Waals surface area contributed by atoms with E-state index in [0.29, 0.717) is 5.56 Å². The number of nitrogens with zero attached hydrogens (tertiary/aromatic N) is 2. The van der Waals surface area contributed by atoms with Gasteiger partial charge in [-0.25, -0.2) is 4.39 Å². The minimum atomic E-state index is -0.571. The van der Waals surface area contributed by atoms with Gasteiger partial charge in [0.25, 0.3) is 5.69 Å². The average molecular weight is 368 g/mol. The Bertz CT molecular complexity index is 532. The van der Waals surface area contributed by atoms with Crippen LogP contribution in [0.25, 0.3) is 0 Å². The quantitative estimate of drug-likeness (QED) is 0.655. The Labute approximate surface area is 148 Å². The van der Waals surface area contributed by atoms with E-state index < -0.39 is 10.7 Å². The summed E-state index contributed by atoms with van der Waals surface area (Å²) in [6.07, 6.45) is 0. The molecular weight excluding hydrogens is 344 g/mol. The van der Waals surface area contributed by atoms with Gasteiger partial charge in [-0.3, -0.25) is 15.0 Å². The molecule has 0 saturated carbocycles. The number of nitro benzene ring substituents is 1. The van der Waals surface area contributed by atoms with Crippen molar-refractivity contribution in [2.45, 2.75) is 26.8 Å². The van der Waals surface area contributed by atoms with Crippen LogP contribution in [0.15, 0.2) is 18.2 Å². The molecule has 1 heterocycles. The van der Waals surface area contributed by atoms with Crippen LogP contribution in [0.5, 0.6) is 0 Å². The van der Waals surface area contributed by atoms with E-state index in [1.807, 2.05) is 0 Å². The Kier molecular flexibility index (Phi) is 8.41. The predicted molar refractivity (Wildman–Crippen MR) is 94.2 cm³/mol. The number of rotatable bonds is 3. The highest BCUT2D eigenvalue weighted by Gasteiger charge is 2.36. The molecule has 0 aliphatic carbocycles. The molecule has 0 radical (unpaired) electrons. The summed E-state index contributed by atoms with van der Waals surface area (Å²) in [6.45, 7) is 9.57. The van der Waals surface area contributed by atoms with E-state index in [1.54, 1.807) is 6.07 Å². The molecule has 1 aromatic rings. The van der Waals surface area contributed by atoms with Gasteiger partial charge in [-0.05, 0) is 17.5 Å². The lowest BCUT2D eigenvalue weighted by molar-refractivity contribution is -0.386. The summed E-state index contributed by atoms with van der Waals surface area (Å²) >= 11 is 0. The zero-order valence-electron chi connectivity index (χ0n) is 13.5. The van der Waals surface area contributed by atoms with Crippen molar-refractivity contribution in [3.63, 3.8) is 0 Å². The lowest BCUT2D eigenvalue weighted by Crippen LogP contribution is -2.48. The third-order valence-electron chi connectivity index (χ3n) is 3.82. The van der Waals surface area contributed by atoms with Gasteiger partial charge < -0.3 is 5.32 Å². The maximum absolute atomic E-state index is 13.4. The van der Waals surface area contributed by atoms with Crippen molar-refractivity contribution < 1.29 is 9.31 Å². The molecule has 0 bridgehead atoms. The maximum atomic E-state index is 13.4. The van der Waals surface area contributed by atoms with Gasteiger partial charge >= 0.3 is 0 Å². The minimum absolute atomic E-state index is 0. The summed E-state index contributed by atoms with van der Waals surface area (Å²) in [6, 6.07) is 3.78. The number of nitro groups is 1. The summed E-state index contributed by atoms with van der Waals surface area (Å²) in [7, 11) is 0. The zero-order chi connectivity index (χ0) is 15.6. The van der Waals surface area contributed by atoms with Gasteiger partial charge in [0.15, 0.2) is 0 Å². The molecule has 8 heteroatoms. The van der Waals surface area contributed by atoms with Crippen LogP contribution >= 0.6 is 24.8 Å². The van der Waals surface area contributed by atoms with Gasteiger partial charge in [-0.2, -0.15) is 0 Å². The summed E-state index contributed by atoms with van der Waals surface area (Å²) in [4.78, 5) is 13.1. The average Bonchev–Trinajstić information content (AvgIpc) is 2.40. The van der Waals surface area contributed by atoms with Gasteiger partial charge in [-0.15, -0.1) is 24.8 Å². The highest BCUT2D eigenvalue weighted by Crippen LogP contribution is 2.41. The van der Waals surface area contributed by atoms with E-state index >= 15 is 0 Å². The molecule has 23 heavy (non-hydrogen) atoms. The third kappa shape index (κ3) is 5.28. The molecule has 1 atom stereocenters. The van der Waals surface area contributed by atoms with Crippen LogP contribution in [-0.2, 0) is 0 Å². The lowest BCUT2D eigenvalue weighted by Gasteiger charge is -2.42. The first-order valence-corrected chi connectivity index (χ1v) is 7.19. The molecule has 2 rings (SSSR count). The molecular formula is C15H24Cl2FN3O2. The number of hydrogen-bond donors (Lipinski definition) is 1. The number of halogens is 3. The van der Waals surface area contributed by atoms with Crippen molar-refractivity contribution in [2.24, 2.45) is 5.41 Å². The molecule has 1 aromatic carbocycles. The summed E-state index contributed by atoms with van der Waals surface area (Å²) in [5.74, 6) is -0.571. The van der Waals surface area contributed by atoms with Crippen LogP contribution in [0.1, 0.15) is 32.4 Å². The van der Waals surface area contributed by atoms with Gasteiger partial charge in [0, 0.05) is 37.8 Å². The SMILES string of the molecule is CC(C)(C)[C@H](c1ccc(F)cc1[N+](=O)[O-])N1CCNCC1.Cl.Cl. The fourth-order valence-corrected chi connectivity index (χ4v) is 3.06. The topological polar surface area (TPSA) is 58.4 Å². The molecule has 0 spiro atoms. The van der Waals surface area contributed by atoms with Crippen LogP contribution in [0.3, 0.4) is 0 Å². The second kappa shape index (κ2) is 8.78. The van der Waals surface area contributed by atoms with E-state index in [1.165, 1.54) is 6.07 Å². The van der Waals surface area contributed by atoms with Gasteiger partial charge in [0.05, 0.1) is 11.0 Å². The monoisotopic (exact) mass is 367 g/mol. The van der Waals surface area contributed by atoms with Crippen molar-refractivity contribution in [3.05, 3.63) is 39.7 Å². The molecule has 1 fully saturated rings. The van der Waals surface area contributed by atoms with Gasteiger partial charge in [0.2, 0.25) is 0 Å². The first kappa shape index (κ1) is 22.1. The number of benzene rings is 1. The second-order valence-electron chi connectivity index (χ2n) is 6.51. The second-order valence-corrected chi connectivity index (χ2v) is 6.51. The summed E-state index contributed by atoms with van der Waals surface area (Å²) in [5.41, 5.74) is 0.282. The van der Waals surface area contributed by atoms with Crippen LogP contribution < -0.4 is 5.32 Å². The van der Waals surface area contributed by atoms with Crippen LogP contribution in [0, 0.1) is 21.3 Å². The van der Waals surface area contributed by atoms with E-state index in [-0.39, 0.29) is 42.0 Å². The highest BCUT2D eigenvalue weighted by molar-refractivity contribution is 5.85. The zero-order valence-corrected chi connectivity index (χ0v) is 15.2. The minimum Gasteiger partial charge on any atom is -0.314 e. The molecule has 5 nitrogen and oxygen atoms in total. The number of piperazine rings is 1. The van der Waals surface area contributed by atoms with Gasteiger partial charge in [-0.1, -0.05) is 20.8 Å². The third-order valence-corrected chi connectivity index (χ3v) is 3.82. The first-order valence-electron chi connectivity index (χ1n) is 7.19. The summed E-state index contributed by atoms with van der Waals surface area (Å²) < 4.78 is 13.4. The molecule has 1 N–H and O–H groups in total. The Balaban J connectivity index is 0.00000242. The van der Waals surface area contributed by atoms with Gasteiger partial charge in [0.1, 0.15) is 5.82 Å². The first-order chi connectivity index (χ1) is 9.80. The molecule has 0 unspecified atom stereocenters. The number of nitrogens with one attached hydrogen (secondary N) is 1. The predicted octanol–water partition coefficient (Wildman–Crippen LogP) is 3.57. The molecule has 0 aromatic heterocycles. The fraction of sp³-hybridized carbons (Fsp3) is 0.600. The van der Waals surface area contributed by atoms with Crippen molar-refractivity contribution in [3.8, 4) is 0 Å². The molecule has 1 aliphatic rings. The summed E-state index contributed by atoms with van der Waals surface area (Å²) in [5, 5.41) is 14.6. The van der Waals surface area contributed by atoms with E-state index in [2.05, 4.69) is 31.0 Å². The van der Waals surface area contributed by atoms with E-state index in [0.717, 1.165) is 32.2 Å². The molecule has 0 amide bonds. The van der Waals surface area contributed by atoms with Crippen molar-refractivity contribution in [1.82, 2.24) is 10.2 Å². The fourth-order valence-electron chi connectivity index (χ4n) is 3.06. The van der Waals surface area contributed by atoms with Crippen LogP contribution in [-0.4, -0.2) is 36.0 Å². The van der Waals surface area contributed by atoms with Crippen LogP contribution in [0.4, 0.5) is 10.1 Å². The van der Waals surface area contributed by atoms with Crippen molar-refractivity contribution in [2.75, 3.05) is 26.2 Å². The lowest BCUT2D eigenvalue weighted by atomic mass is 9.80. The molecule has 1 saturated heterocycles. The Morgan fingerprint density at radius 2 is 1.83 bits per heavy atom. The molecule has 132 valence electrons. The highest BCUT2D eigenvalue weighted by atomic mass is 35.5. The van der Waals surface area contributed by atoms with E-state index in [9.17, 15) is 14.5 Å². The van der Waals surface area contributed by atoms with E-state index in [4.69, 9.17) is 0 Å². The van der Waals surface area contributed by atoms with Crippen molar-refractivity contribution >= 4 is 30.5 Å². The molecule has 1 aliphatic heterocycles. The Morgan fingerprint density at radius 3 is 2.30 bits per heavy atom. The Morgan fingerprint density at radius 1 is 1.26 bits per heavy atom. The maximum Gasteiger partial charge on any atom is 0.277 e. The van der Waals surface area contributed by atoms with Crippen LogP contribution in [0.2, 0.25) is 0 Å². The normalized spacial score (nSPS) is 16.9.